The Bertz CT molecular complexity index is 348. The first-order valence-corrected chi connectivity index (χ1v) is 6.69. The Balaban J connectivity index is 1.88. The summed E-state index contributed by atoms with van der Waals surface area (Å²) in [7, 11) is 0. The van der Waals surface area contributed by atoms with Gasteiger partial charge in [0.25, 0.3) is 0 Å². The van der Waals surface area contributed by atoms with Crippen molar-refractivity contribution in [1.82, 2.24) is 15.5 Å². The van der Waals surface area contributed by atoms with E-state index >= 15 is 0 Å². The quantitative estimate of drug-likeness (QED) is 0.874. The summed E-state index contributed by atoms with van der Waals surface area (Å²) in [4.78, 5) is 4.22. The van der Waals surface area contributed by atoms with E-state index in [1.54, 1.807) is 0 Å². The van der Waals surface area contributed by atoms with Crippen molar-refractivity contribution in [1.29, 1.82) is 0 Å². The zero-order valence-electron chi connectivity index (χ0n) is 11.1. The summed E-state index contributed by atoms with van der Waals surface area (Å²) < 4.78 is 4.98. The summed E-state index contributed by atoms with van der Waals surface area (Å²) in [5, 5.41) is 7.52. The topological polar surface area (TPSA) is 51.0 Å². The highest BCUT2D eigenvalue weighted by Crippen LogP contribution is 2.30. The van der Waals surface area contributed by atoms with E-state index in [0.717, 1.165) is 24.2 Å². The molecule has 0 aromatic carbocycles. The zero-order chi connectivity index (χ0) is 12.3. The molecule has 0 amide bonds. The lowest BCUT2D eigenvalue weighted by Crippen LogP contribution is -2.40. The first kappa shape index (κ1) is 12.6. The number of aryl methyl sites for hydroxylation is 1. The fourth-order valence-corrected chi connectivity index (χ4v) is 2.85. The van der Waals surface area contributed by atoms with Crippen molar-refractivity contribution in [3.05, 3.63) is 11.7 Å². The fourth-order valence-electron chi connectivity index (χ4n) is 2.85. The zero-order valence-corrected chi connectivity index (χ0v) is 11.1. The maximum Gasteiger partial charge on any atom is 0.223 e. The van der Waals surface area contributed by atoms with Gasteiger partial charge in [-0.15, -0.1) is 0 Å². The average Bonchev–Trinajstić information content (AvgIpc) is 2.73. The summed E-state index contributed by atoms with van der Waals surface area (Å²) in [5.41, 5.74) is 0. The fraction of sp³-hybridized carbons (Fsp3) is 0.846. The van der Waals surface area contributed by atoms with Crippen molar-refractivity contribution in [3.8, 4) is 0 Å². The van der Waals surface area contributed by atoms with E-state index in [1.807, 2.05) is 6.92 Å². The van der Waals surface area contributed by atoms with E-state index in [9.17, 15) is 0 Å². The van der Waals surface area contributed by atoms with Crippen LogP contribution in [0.3, 0.4) is 0 Å². The molecule has 4 heteroatoms. The molecule has 1 aromatic heterocycles. The Labute approximate surface area is 103 Å². The van der Waals surface area contributed by atoms with Gasteiger partial charge in [-0.25, -0.2) is 0 Å². The third-order valence-electron chi connectivity index (χ3n) is 3.77. The summed E-state index contributed by atoms with van der Waals surface area (Å²) in [6, 6.07) is 0.613. The molecule has 1 aliphatic rings. The normalized spacial score (nSPS) is 25.4. The molecule has 0 saturated heterocycles. The first-order chi connectivity index (χ1) is 8.16. The maximum absolute atomic E-state index is 4.98. The lowest BCUT2D eigenvalue weighted by Gasteiger charge is -2.34. The van der Waals surface area contributed by atoms with E-state index in [4.69, 9.17) is 4.52 Å². The molecule has 0 bridgehead atoms. The Hall–Kier alpha value is -0.900. The number of aromatic nitrogens is 2. The van der Waals surface area contributed by atoms with Crippen molar-refractivity contribution < 1.29 is 4.52 Å². The molecular weight excluding hydrogens is 214 g/mol. The van der Waals surface area contributed by atoms with E-state index in [0.29, 0.717) is 11.9 Å². The molecule has 1 saturated carbocycles. The van der Waals surface area contributed by atoms with Crippen molar-refractivity contribution in [2.75, 3.05) is 0 Å². The largest absolute Gasteiger partial charge is 0.340 e. The van der Waals surface area contributed by atoms with Crippen LogP contribution in [0.5, 0.6) is 0 Å². The highest BCUT2D eigenvalue weighted by Gasteiger charge is 2.27. The molecule has 96 valence electrons. The predicted molar refractivity (Wildman–Crippen MR) is 66.5 cm³/mol. The molecule has 0 spiro atoms. The molecule has 1 heterocycles. The lowest BCUT2D eigenvalue weighted by molar-refractivity contribution is 0.203. The predicted octanol–water partition coefficient (Wildman–Crippen LogP) is 2.68. The molecule has 17 heavy (non-hydrogen) atoms. The smallest absolute Gasteiger partial charge is 0.223 e. The Morgan fingerprint density at radius 3 is 2.76 bits per heavy atom. The summed E-state index contributed by atoms with van der Waals surface area (Å²) >= 11 is 0. The first-order valence-electron chi connectivity index (χ1n) is 6.69. The van der Waals surface area contributed by atoms with Gasteiger partial charge in [0, 0.05) is 13.0 Å². The van der Waals surface area contributed by atoms with Gasteiger partial charge < -0.3 is 9.84 Å². The second kappa shape index (κ2) is 5.63. The van der Waals surface area contributed by atoms with Crippen LogP contribution in [-0.4, -0.2) is 16.2 Å². The molecule has 2 rings (SSSR count). The van der Waals surface area contributed by atoms with E-state index < -0.39 is 0 Å². The second-order valence-electron chi connectivity index (χ2n) is 5.41. The van der Waals surface area contributed by atoms with Crippen LogP contribution < -0.4 is 5.32 Å². The Morgan fingerprint density at radius 2 is 2.12 bits per heavy atom. The van der Waals surface area contributed by atoms with Gasteiger partial charge in [-0.05, 0) is 24.7 Å². The molecule has 0 unspecified atom stereocenters. The van der Waals surface area contributed by atoms with Crippen LogP contribution in [0.15, 0.2) is 4.52 Å². The number of nitrogens with zero attached hydrogens (tertiary/aromatic N) is 2. The van der Waals surface area contributed by atoms with Gasteiger partial charge >= 0.3 is 0 Å². The van der Waals surface area contributed by atoms with Crippen LogP contribution in [-0.2, 0) is 6.54 Å². The van der Waals surface area contributed by atoms with Gasteiger partial charge in [0.15, 0.2) is 5.82 Å². The molecule has 0 aliphatic heterocycles. The maximum atomic E-state index is 4.98. The van der Waals surface area contributed by atoms with Gasteiger partial charge in [0.1, 0.15) is 0 Å². The molecular formula is C13H23N3O. The van der Waals surface area contributed by atoms with Crippen molar-refractivity contribution in [2.24, 2.45) is 11.8 Å². The summed E-state index contributed by atoms with van der Waals surface area (Å²) in [6.07, 6.45) is 5.34. The number of nitrogens with one attached hydrogen (secondary N) is 1. The van der Waals surface area contributed by atoms with Gasteiger partial charge in [0.2, 0.25) is 5.89 Å². The van der Waals surface area contributed by atoms with Crippen LogP contribution in [0.1, 0.15) is 51.2 Å². The molecule has 1 N–H and O–H groups in total. The molecule has 4 nitrogen and oxygen atoms in total. The van der Waals surface area contributed by atoms with Gasteiger partial charge in [-0.3, -0.25) is 0 Å². The highest BCUT2D eigenvalue weighted by atomic mass is 16.5. The van der Waals surface area contributed by atoms with E-state index in [1.165, 1.54) is 25.7 Å². The van der Waals surface area contributed by atoms with Crippen LogP contribution in [0.2, 0.25) is 0 Å². The molecule has 2 atom stereocenters. The third kappa shape index (κ3) is 3.28. The average molecular weight is 237 g/mol. The van der Waals surface area contributed by atoms with Crippen LogP contribution in [0.4, 0.5) is 0 Å². The minimum absolute atomic E-state index is 0.613. The minimum Gasteiger partial charge on any atom is -0.340 e. The number of hydrogen-bond donors (Lipinski definition) is 1. The second-order valence-corrected chi connectivity index (χ2v) is 5.41. The van der Waals surface area contributed by atoms with Gasteiger partial charge in [-0.2, -0.15) is 4.98 Å². The van der Waals surface area contributed by atoms with Crippen molar-refractivity contribution in [3.63, 3.8) is 0 Å². The van der Waals surface area contributed by atoms with E-state index in [-0.39, 0.29) is 0 Å². The standard InChI is InChI=1S/C13H23N3O/c1-9(2)11-6-4-5-7-12(11)14-8-13-15-10(3)17-16-13/h9,11-12,14H,4-8H2,1-3H3/t11-,12+/m1/s1. The molecule has 1 aromatic rings. The van der Waals surface area contributed by atoms with Crippen LogP contribution >= 0.6 is 0 Å². The Morgan fingerprint density at radius 1 is 1.35 bits per heavy atom. The molecule has 1 fully saturated rings. The minimum atomic E-state index is 0.613. The van der Waals surface area contributed by atoms with Crippen molar-refractivity contribution >= 4 is 0 Å². The van der Waals surface area contributed by atoms with Crippen molar-refractivity contribution in [2.45, 2.75) is 59.0 Å². The molecule has 1 aliphatic carbocycles. The molecule has 0 radical (unpaired) electrons. The van der Waals surface area contributed by atoms with Crippen LogP contribution in [0, 0.1) is 18.8 Å². The number of rotatable bonds is 4. The summed E-state index contributed by atoms with van der Waals surface area (Å²) in [6.45, 7) is 7.20. The Kier molecular flexibility index (Phi) is 4.15. The lowest BCUT2D eigenvalue weighted by atomic mass is 9.78. The summed E-state index contributed by atoms with van der Waals surface area (Å²) in [5.74, 6) is 2.96. The SMILES string of the molecule is Cc1nc(CN[C@H]2CCCC[C@@H]2C(C)C)no1. The van der Waals surface area contributed by atoms with Gasteiger partial charge in [-0.1, -0.05) is 31.8 Å². The van der Waals surface area contributed by atoms with E-state index in [2.05, 4.69) is 29.3 Å². The van der Waals surface area contributed by atoms with Gasteiger partial charge in [0.05, 0.1) is 6.54 Å². The highest BCUT2D eigenvalue weighted by molar-refractivity contribution is 4.87. The van der Waals surface area contributed by atoms with Crippen LogP contribution in [0.25, 0.3) is 0 Å². The number of hydrogen-bond acceptors (Lipinski definition) is 4. The third-order valence-corrected chi connectivity index (χ3v) is 3.77. The monoisotopic (exact) mass is 237 g/mol.